The van der Waals surface area contributed by atoms with Crippen LogP contribution in [0.3, 0.4) is 0 Å². The first-order valence-electron chi connectivity index (χ1n) is 7.64. The third-order valence-electron chi connectivity index (χ3n) is 4.40. The monoisotopic (exact) mass is 292 g/mol. The highest BCUT2D eigenvalue weighted by Crippen LogP contribution is 2.28. The fraction of sp³-hybridized carbons (Fsp3) is 0.625. The van der Waals surface area contributed by atoms with Gasteiger partial charge in [0.05, 0.1) is 0 Å². The van der Waals surface area contributed by atoms with Crippen LogP contribution in [0.15, 0.2) is 6.07 Å². The number of hydrogen-bond donors (Lipinski definition) is 3. The molecule has 1 heterocycles. The molecule has 0 aliphatic heterocycles. The molecule has 0 amide bonds. The molecule has 5 nitrogen and oxygen atoms in total. The Morgan fingerprint density at radius 3 is 2.76 bits per heavy atom. The molecule has 0 spiro atoms. The molecule has 1 aliphatic carbocycles. The minimum Gasteiger partial charge on any atom is -0.478 e. The highest BCUT2D eigenvalue weighted by atomic mass is 16.4. The van der Waals surface area contributed by atoms with Gasteiger partial charge in [-0.2, -0.15) is 0 Å². The number of hydrogen-bond acceptors (Lipinski definition) is 4. The van der Waals surface area contributed by atoms with Crippen molar-refractivity contribution < 1.29 is 15.0 Å². The number of carboxylic acids is 1. The van der Waals surface area contributed by atoms with Crippen molar-refractivity contribution in [2.45, 2.75) is 57.9 Å². The predicted molar refractivity (Wildman–Crippen MR) is 81.9 cm³/mol. The second kappa shape index (κ2) is 6.43. The second-order valence-corrected chi connectivity index (χ2v) is 6.02. The SMILES string of the molecule is CCC(C)(CCO)Nc1nc2c(cc1C(=O)O)CCCC2. The van der Waals surface area contributed by atoms with Crippen LogP contribution in [0.5, 0.6) is 0 Å². The van der Waals surface area contributed by atoms with Gasteiger partial charge in [0.25, 0.3) is 0 Å². The van der Waals surface area contributed by atoms with E-state index in [9.17, 15) is 15.0 Å². The van der Waals surface area contributed by atoms with Gasteiger partial charge in [-0.1, -0.05) is 6.92 Å². The lowest BCUT2D eigenvalue weighted by Crippen LogP contribution is -2.36. The normalized spacial score (nSPS) is 16.9. The largest absolute Gasteiger partial charge is 0.478 e. The lowest BCUT2D eigenvalue weighted by Gasteiger charge is -2.31. The zero-order chi connectivity index (χ0) is 15.5. The molecule has 2 rings (SSSR count). The molecule has 0 fully saturated rings. The third kappa shape index (κ3) is 3.53. The summed E-state index contributed by atoms with van der Waals surface area (Å²) in [5.74, 6) is -0.526. The standard InChI is InChI=1S/C16H24N2O3/c1-3-16(2,8-9-19)18-14-12(15(20)21)10-11-6-4-5-7-13(11)17-14/h10,19H,3-9H2,1-2H3,(H,17,18)(H,20,21). The topological polar surface area (TPSA) is 82.5 Å². The molecule has 3 N–H and O–H groups in total. The quantitative estimate of drug-likeness (QED) is 0.751. The van der Waals surface area contributed by atoms with Crippen molar-refractivity contribution in [1.82, 2.24) is 4.98 Å². The van der Waals surface area contributed by atoms with Gasteiger partial charge < -0.3 is 15.5 Å². The lowest BCUT2D eigenvalue weighted by molar-refractivity contribution is 0.0697. The fourth-order valence-corrected chi connectivity index (χ4v) is 2.75. The van der Waals surface area contributed by atoms with E-state index in [0.717, 1.165) is 43.4 Å². The molecule has 0 bridgehead atoms. The van der Waals surface area contributed by atoms with Crippen LogP contribution >= 0.6 is 0 Å². The Hall–Kier alpha value is -1.62. The van der Waals surface area contributed by atoms with Crippen LogP contribution in [0.2, 0.25) is 0 Å². The molecule has 1 aliphatic rings. The summed E-state index contributed by atoms with van der Waals surface area (Å²) in [6.45, 7) is 4.06. The maximum Gasteiger partial charge on any atom is 0.339 e. The average Bonchev–Trinajstić information content (AvgIpc) is 2.46. The van der Waals surface area contributed by atoms with Crippen molar-refractivity contribution in [1.29, 1.82) is 0 Å². The molecule has 21 heavy (non-hydrogen) atoms. The van der Waals surface area contributed by atoms with Crippen molar-refractivity contribution in [2.75, 3.05) is 11.9 Å². The van der Waals surface area contributed by atoms with E-state index in [1.165, 1.54) is 0 Å². The van der Waals surface area contributed by atoms with Crippen molar-refractivity contribution >= 4 is 11.8 Å². The highest BCUT2D eigenvalue weighted by Gasteiger charge is 2.26. The number of nitrogens with zero attached hydrogens (tertiary/aromatic N) is 1. The van der Waals surface area contributed by atoms with Crippen LogP contribution in [-0.2, 0) is 12.8 Å². The van der Waals surface area contributed by atoms with Gasteiger partial charge in [-0.15, -0.1) is 0 Å². The lowest BCUT2D eigenvalue weighted by atomic mass is 9.92. The molecule has 0 saturated heterocycles. The Balaban J connectivity index is 2.39. The molecular formula is C16H24N2O3. The molecule has 5 heteroatoms. The molecule has 0 saturated carbocycles. The third-order valence-corrected chi connectivity index (χ3v) is 4.40. The van der Waals surface area contributed by atoms with E-state index < -0.39 is 5.97 Å². The number of nitrogens with one attached hydrogen (secondary N) is 1. The van der Waals surface area contributed by atoms with Gasteiger partial charge in [0.1, 0.15) is 11.4 Å². The maximum atomic E-state index is 11.5. The zero-order valence-electron chi connectivity index (χ0n) is 12.8. The number of aliphatic hydroxyl groups excluding tert-OH is 1. The number of aliphatic hydroxyl groups is 1. The summed E-state index contributed by atoms with van der Waals surface area (Å²) in [5, 5.41) is 21.9. The Kier molecular flexibility index (Phi) is 4.83. The molecule has 1 aromatic rings. The summed E-state index contributed by atoms with van der Waals surface area (Å²) in [5.41, 5.74) is 1.95. The van der Waals surface area contributed by atoms with Gasteiger partial charge in [-0.05, 0) is 57.1 Å². The molecule has 1 atom stereocenters. The van der Waals surface area contributed by atoms with Gasteiger partial charge in [-0.3, -0.25) is 0 Å². The van der Waals surface area contributed by atoms with E-state index in [1.807, 2.05) is 13.8 Å². The van der Waals surface area contributed by atoms with Crippen molar-refractivity contribution in [3.05, 3.63) is 22.9 Å². The van der Waals surface area contributed by atoms with E-state index in [2.05, 4.69) is 10.3 Å². The Labute approximate surface area is 125 Å². The smallest absolute Gasteiger partial charge is 0.339 e. The number of fused-ring (bicyclic) bond motifs is 1. The Morgan fingerprint density at radius 2 is 2.14 bits per heavy atom. The molecule has 0 aromatic carbocycles. The molecule has 116 valence electrons. The number of rotatable bonds is 6. The maximum absolute atomic E-state index is 11.5. The molecular weight excluding hydrogens is 268 g/mol. The van der Waals surface area contributed by atoms with Crippen LogP contribution < -0.4 is 5.32 Å². The minimum atomic E-state index is -0.958. The molecule has 1 unspecified atom stereocenters. The van der Waals surface area contributed by atoms with Gasteiger partial charge >= 0.3 is 5.97 Å². The second-order valence-electron chi connectivity index (χ2n) is 6.02. The van der Waals surface area contributed by atoms with Gasteiger partial charge in [0, 0.05) is 17.8 Å². The summed E-state index contributed by atoms with van der Waals surface area (Å²) in [4.78, 5) is 16.1. The number of aromatic nitrogens is 1. The van der Waals surface area contributed by atoms with Gasteiger partial charge in [0.15, 0.2) is 0 Å². The van der Waals surface area contributed by atoms with Crippen molar-refractivity contribution in [3.63, 3.8) is 0 Å². The summed E-state index contributed by atoms with van der Waals surface area (Å²) in [7, 11) is 0. The van der Waals surface area contributed by atoms with Crippen LogP contribution in [0.4, 0.5) is 5.82 Å². The Bertz CT molecular complexity index is 530. The van der Waals surface area contributed by atoms with Crippen LogP contribution in [0.1, 0.15) is 61.1 Å². The number of carbonyl (C=O) groups is 1. The fourth-order valence-electron chi connectivity index (χ4n) is 2.75. The van der Waals surface area contributed by atoms with E-state index in [1.54, 1.807) is 6.07 Å². The number of carboxylic acid groups (broad SMARTS) is 1. The van der Waals surface area contributed by atoms with Gasteiger partial charge in [0.2, 0.25) is 0 Å². The first-order chi connectivity index (χ1) is 9.99. The first kappa shape index (κ1) is 15.8. The predicted octanol–water partition coefficient (Wildman–Crippen LogP) is 2.62. The van der Waals surface area contributed by atoms with E-state index in [4.69, 9.17) is 0 Å². The number of aryl methyl sites for hydroxylation is 2. The zero-order valence-corrected chi connectivity index (χ0v) is 12.8. The van der Waals surface area contributed by atoms with E-state index >= 15 is 0 Å². The average molecular weight is 292 g/mol. The summed E-state index contributed by atoms with van der Waals surface area (Å²) in [6, 6.07) is 1.77. The van der Waals surface area contributed by atoms with Crippen LogP contribution in [0.25, 0.3) is 0 Å². The number of aromatic carboxylic acids is 1. The van der Waals surface area contributed by atoms with Crippen LogP contribution in [0, 0.1) is 0 Å². The van der Waals surface area contributed by atoms with Crippen LogP contribution in [-0.4, -0.2) is 33.3 Å². The van der Waals surface area contributed by atoms with E-state index in [-0.39, 0.29) is 17.7 Å². The summed E-state index contributed by atoms with van der Waals surface area (Å²) >= 11 is 0. The highest BCUT2D eigenvalue weighted by molar-refractivity contribution is 5.93. The Morgan fingerprint density at radius 1 is 1.43 bits per heavy atom. The number of anilines is 1. The van der Waals surface area contributed by atoms with Crippen molar-refractivity contribution in [3.8, 4) is 0 Å². The van der Waals surface area contributed by atoms with Crippen molar-refractivity contribution in [2.24, 2.45) is 0 Å². The minimum absolute atomic E-state index is 0.0602. The van der Waals surface area contributed by atoms with Gasteiger partial charge in [-0.25, -0.2) is 9.78 Å². The summed E-state index contributed by atoms with van der Waals surface area (Å²) < 4.78 is 0. The first-order valence-corrected chi connectivity index (χ1v) is 7.64. The molecule has 0 radical (unpaired) electrons. The number of pyridine rings is 1. The molecule has 1 aromatic heterocycles. The van der Waals surface area contributed by atoms with E-state index in [0.29, 0.717) is 12.2 Å². The summed E-state index contributed by atoms with van der Waals surface area (Å²) in [6.07, 6.45) is 5.36.